The van der Waals surface area contributed by atoms with E-state index < -0.39 is 0 Å². The first-order valence-corrected chi connectivity index (χ1v) is 8.95. The number of carbonyl (C=O) groups is 2. The number of hydrogen-bond donors (Lipinski definition) is 1. The summed E-state index contributed by atoms with van der Waals surface area (Å²) in [5.41, 5.74) is 1.84. The molecule has 22 heavy (non-hydrogen) atoms. The smallest absolute Gasteiger partial charge is 0.306 e. The van der Waals surface area contributed by atoms with Crippen LogP contribution in [0.3, 0.4) is 0 Å². The number of carbonyl (C=O) groups excluding carboxylic acids is 2. The maximum absolute atomic E-state index is 11.8. The Bertz CT molecular complexity index is 626. The van der Waals surface area contributed by atoms with E-state index in [0.717, 1.165) is 16.1 Å². The minimum atomic E-state index is -0.362. The van der Waals surface area contributed by atoms with Crippen molar-refractivity contribution in [3.05, 3.63) is 46.7 Å². The lowest BCUT2D eigenvalue weighted by atomic mass is 10.2. The average molecular weight is 335 g/mol. The monoisotopic (exact) mass is 335 g/mol. The van der Waals surface area contributed by atoms with Gasteiger partial charge < -0.3 is 10.1 Å². The maximum atomic E-state index is 11.8. The maximum Gasteiger partial charge on any atom is 0.306 e. The molecule has 0 radical (unpaired) electrons. The van der Waals surface area contributed by atoms with Gasteiger partial charge in [0.15, 0.2) is 6.61 Å². The summed E-state index contributed by atoms with van der Waals surface area (Å²) in [6.45, 7) is -0.259. The molecule has 1 N–H and O–H groups in total. The fourth-order valence-corrected chi connectivity index (χ4v) is 3.09. The van der Waals surface area contributed by atoms with Gasteiger partial charge in [0, 0.05) is 11.3 Å². The molecule has 1 aromatic carbocycles. The standard InChI is InChI=1S/C16H17NO3S2/c1-21-14-5-3-2-4-13(14)17-15(18)10-20-16(19)7-6-12-8-9-22-11-12/h2-5,8-9,11H,6-7,10H2,1H3,(H,17,18). The molecule has 2 rings (SSSR count). The Morgan fingerprint density at radius 3 is 2.82 bits per heavy atom. The highest BCUT2D eigenvalue weighted by Gasteiger charge is 2.10. The van der Waals surface area contributed by atoms with Gasteiger partial charge in [0.25, 0.3) is 5.91 Å². The SMILES string of the molecule is CSc1ccccc1NC(=O)COC(=O)CCc1ccsc1. The van der Waals surface area contributed by atoms with Crippen LogP contribution in [-0.2, 0) is 20.7 Å². The van der Waals surface area contributed by atoms with Crippen LogP contribution in [0.4, 0.5) is 5.69 Å². The van der Waals surface area contributed by atoms with E-state index in [2.05, 4.69) is 5.32 Å². The van der Waals surface area contributed by atoms with Gasteiger partial charge in [0.2, 0.25) is 0 Å². The van der Waals surface area contributed by atoms with Crippen LogP contribution in [0.25, 0.3) is 0 Å². The number of para-hydroxylation sites is 1. The van der Waals surface area contributed by atoms with Crippen LogP contribution < -0.4 is 5.32 Å². The number of benzene rings is 1. The van der Waals surface area contributed by atoms with Crippen LogP contribution in [0, 0.1) is 0 Å². The highest BCUT2D eigenvalue weighted by molar-refractivity contribution is 7.98. The molecule has 0 fully saturated rings. The first-order valence-electron chi connectivity index (χ1n) is 6.78. The Hall–Kier alpha value is -1.79. The Morgan fingerprint density at radius 1 is 1.27 bits per heavy atom. The molecule has 0 saturated carbocycles. The summed E-state index contributed by atoms with van der Waals surface area (Å²) in [7, 11) is 0. The Morgan fingerprint density at radius 2 is 2.09 bits per heavy atom. The van der Waals surface area contributed by atoms with Crippen molar-refractivity contribution in [1.29, 1.82) is 0 Å². The zero-order valence-electron chi connectivity index (χ0n) is 12.2. The molecule has 1 aromatic heterocycles. The molecule has 116 valence electrons. The lowest BCUT2D eigenvalue weighted by molar-refractivity contribution is -0.147. The quantitative estimate of drug-likeness (QED) is 0.621. The van der Waals surface area contributed by atoms with Crippen molar-refractivity contribution in [2.45, 2.75) is 17.7 Å². The summed E-state index contributed by atoms with van der Waals surface area (Å²) in [4.78, 5) is 24.4. The number of anilines is 1. The van der Waals surface area contributed by atoms with Crippen molar-refractivity contribution >= 4 is 40.7 Å². The number of amides is 1. The summed E-state index contributed by atoms with van der Waals surface area (Å²) < 4.78 is 4.99. The topological polar surface area (TPSA) is 55.4 Å². The van der Waals surface area contributed by atoms with Crippen LogP contribution >= 0.6 is 23.1 Å². The van der Waals surface area contributed by atoms with E-state index in [9.17, 15) is 9.59 Å². The molecule has 2 aromatic rings. The van der Waals surface area contributed by atoms with E-state index in [1.165, 1.54) is 0 Å². The average Bonchev–Trinajstić information content (AvgIpc) is 3.05. The van der Waals surface area contributed by atoms with E-state index in [1.807, 2.05) is 47.3 Å². The molecule has 0 unspecified atom stereocenters. The highest BCUT2D eigenvalue weighted by Crippen LogP contribution is 2.24. The van der Waals surface area contributed by atoms with Crippen LogP contribution in [-0.4, -0.2) is 24.7 Å². The second-order valence-electron chi connectivity index (χ2n) is 4.54. The normalized spacial score (nSPS) is 10.2. The van der Waals surface area contributed by atoms with Crippen molar-refractivity contribution in [2.24, 2.45) is 0 Å². The van der Waals surface area contributed by atoms with E-state index >= 15 is 0 Å². The van der Waals surface area contributed by atoms with Gasteiger partial charge in [-0.25, -0.2) is 0 Å². The van der Waals surface area contributed by atoms with Crippen molar-refractivity contribution < 1.29 is 14.3 Å². The molecule has 0 aliphatic heterocycles. The van der Waals surface area contributed by atoms with Gasteiger partial charge in [0.1, 0.15) is 0 Å². The molecule has 0 atom stereocenters. The fraction of sp³-hybridized carbons (Fsp3) is 0.250. The van der Waals surface area contributed by atoms with E-state index in [-0.39, 0.29) is 24.9 Å². The molecule has 6 heteroatoms. The van der Waals surface area contributed by atoms with Gasteiger partial charge in [-0.2, -0.15) is 11.3 Å². The molecule has 4 nitrogen and oxygen atoms in total. The van der Waals surface area contributed by atoms with Crippen molar-refractivity contribution in [3.8, 4) is 0 Å². The number of thiophene rings is 1. The summed E-state index contributed by atoms with van der Waals surface area (Å²) in [6, 6.07) is 9.48. The largest absolute Gasteiger partial charge is 0.456 e. The summed E-state index contributed by atoms with van der Waals surface area (Å²) >= 11 is 3.14. The van der Waals surface area contributed by atoms with Gasteiger partial charge in [-0.15, -0.1) is 11.8 Å². The summed E-state index contributed by atoms with van der Waals surface area (Å²) in [5.74, 6) is -0.690. The lowest BCUT2D eigenvalue weighted by Crippen LogP contribution is -2.21. The molecule has 0 saturated heterocycles. The second kappa shape index (κ2) is 8.60. The van der Waals surface area contributed by atoms with Gasteiger partial charge in [-0.3, -0.25) is 9.59 Å². The minimum absolute atomic E-state index is 0.259. The molecular formula is C16H17NO3S2. The van der Waals surface area contributed by atoms with Crippen molar-refractivity contribution in [2.75, 3.05) is 18.2 Å². The van der Waals surface area contributed by atoms with Gasteiger partial charge in [-0.1, -0.05) is 12.1 Å². The number of rotatable bonds is 7. The van der Waals surface area contributed by atoms with Gasteiger partial charge in [0.05, 0.1) is 5.69 Å². The zero-order valence-corrected chi connectivity index (χ0v) is 13.8. The van der Waals surface area contributed by atoms with Crippen LogP contribution in [0.1, 0.15) is 12.0 Å². The zero-order chi connectivity index (χ0) is 15.8. The number of thioether (sulfide) groups is 1. The number of ether oxygens (including phenoxy) is 1. The van der Waals surface area contributed by atoms with E-state index in [1.54, 1.807) is 23.1 Å². The van der Waals surface area contributed by atoms with Crippen LogP contribution in [0.2, 0.25) is 0 Å². The lowest BCUT2D eigenvalue weighted by Gasteiger charge is -2.09. The molecule has 0 aliphatic carbocycles. The summed E-state index contributed by atoms with van der Waals surface area (Å²) in [5, 5.41) is 6.72. The molecule has 0 spiro atoms. The number of aryl methyl sites for hydroxylation is 1. The predicted molar refractivity (Wildman–Crippen MR) is 90.5 cm³/mol. The Kier molecular flexibility index (Phi) is 6.48. The highest BCUT2D eigenvalue weighted by atomic mass is 32.2. The number of nitrogens with one attached hydrogen (secondary N) is 1. The Balaban J connectivity index is 1.74. The summed E-state index contributed by atoms with van der Waals surface area (Å²) in [6.07, 6.45) is 2.86. The van der Waals surface area contributed by atoms with Gasteiger partial charge >= 0.3 is 5.97 Å². The fourth-order valence-electron chi connectivity index (χ4n) is 1.83. The number of hydrogen-bond acceptors (Lipinski definition) is 5. The number of esters is 1. The third kappa shape index (κ3) is 5.20. The molecule has 1 heterocycles. The molecule has 0 bridgehead atoms. The third-order valence-electron chi connectivity index (χ3n) is 2.94. The van der Waals surface area contributed by atoms with E-state index in [4.69, 9.17) is 4.74 Å². The van der Waals surface area contributed by atoms with Gasteiger partial charge in [-0.05, 0) is 47.2 Å². The van der Waals surface area contributed by atoms with Crippen molar-refractivity contribution in [3.63, 3.8) is 0 Å². The van der Waals surface area contributed by atoms with Crippen LogP contribution in [0.15, 0.2) is 46.0 Å². The predicted octanol–water partition coefficient (Wildman–Crippen LogP) is 3.58. The van der Waals surface area contributed by atoms with E-state index in [0.29, 0.717) is 6.42 Å². The molecular weight excluding hydrogens is 318 g/mol. The molecule has 0 aliphatic rings. The Labute approximate surface area is 137 Å². The third-order valence-corrected chi connectivity index (χ3v) is 4.47. The first-order chi connectivity index (χ1) is 10.7. The first kappa shape index (κ1) is 16.6. The second-order valence-corrected chi connectivity index (χ2v) is 6.17. The van der Waals surface area contributed by atoms with Crippen molar-refractivity contribution in [1.82, 2.24) is 0 Å². The van der Waals surface area contributed by atoms with Crippen LogP contribution in [0.5, 0.6) is 0 Å². The molecule has 1 amide bonds. The minimum Gasteiger partial charge on any atom is -0.456 e.